The van der Waals surface area contributed by atoms with Crippen molar-refractivity contribution in [3.8, 4) is 0 Å². The SMILES string of the molecule is C=CCN(Cc1ccccc1)C(=O)[C@@H]1[C@H]2C(=O)N(CCCO)C(C(=O)N(CC=C)c3ccc(N(CC)CC)cc3)C23CC[C@H]1S3. The van der Waals surface area contributed by atoms with E-state index in [2.05, 4.69) is 31.9 Å². The fraction of sp³-hybridized carbons (Fsp3) is 0.472. The third-order valence-electron chi connectivity index (χ3n) is 9.62. The van der Waals surface area contributed by atoms with Gasteiger partial charge in [-0.05, 0) is 62.9 Å². The average Bonchev–Trinajstić information content (AvgIpc) is 3.70. The molecule has 2 aromatic rings. The minimum atomic E-state index is -0.737. The van der Waals surface area contributed by atoms with Gasteiger partial charge in [0.25, 0.3) is 5.91 Å². The largest absolute Gasteiger partial charge is 0.396 e. The highest BCUT2D eigenvalue weighted by atomic mass is 32.2. The number of thioether (sulfide) groups is 1. The lowest BCUT2D eigenvalue weighted by Crippen LogP contribution is -2.55. The number of fused-ring (bicyclic) bond motifs is 1. The molecule has 0 radical (unpaired) electrons. The Morgan fingerprint density at radius 2 is 1.67 bits per heavy atom. The van der Waals surface area contributed by atoms with Gasteiger partial charge in [-0.3, -0.25) is 14.4 Å². The first-order valence-electron chi connectivity index (χ1n) is 16.1. The van der Waals surface area contributed by atoms with Crippen LogP contribution in [0.25, 0.3) is 0 Å². The summed E-state index contributed by atoms with van der Waals surface area (Å²) in [6.07, 6.45) is 5.27. The number of likely N-dealkylation sites (tertiary alicyclic amines) is 1. The van der Waals surface area contributed by atoms with Crippen molar-refractivity contribution in [3.63, 3.8) is 0 Å². The van der Waals surface area contributed by atoms with Gasteiger partial charge in [0.05, 0.1) is 16.6 Å². The Kier molecular flexibility index (Phi) is 10.4. The quantitative estimate of drug-likeness (QED) is 0.287. The number of rotatable bonds is 15. The van der Waals surface area contributed by atoms with E-state index in [1.54, 1.807) is 38.6 Å². The summed E-state index contributed by atoms with van der Waals surface area (Å²) in [6.45, 7) is 15.1. The monoisotopic (exact) mass is 630 g/mol. The number of carbonyl (C=O) groups is 3. The van der Waals surface area contributed by atoms with E-state index in [-0.39, 0.29) is 36.1 Å². The fourth-order valence-corrected chi connectivity index (χ4v) is 9.84. The molecule has 3 aliphatic rings. The maximum absolute atomic E-state index is 14.8. The van der Waals surface area contributed by atoms with E-state index in [9.17, 15) is 19.5 Å². The van der Waals surface area contributed by atoms with Gasteiger partial charge in [-0.1, -0.05) is 42.5 Å². The van der Waals surface area contributed by atoms with Crippen molar-refractivity contribution in [3.05, 3.63) is 85.5 Å². The van der Waals surface area contributed by atoms with E-state index in [1.807, 2.05) is 54.6 Å². The Morgan fingerprint density at radius 3 is 2.29 bits per heavy atom. The summed E-state index contributed by atoms with van der Waals surface area (Å²) in [7, 11) is 0. The van der Waals surface area contributed by atoms with Crippen LogP contribution in [0, 0.1) is 11.8 Å². The summed E-state index contributed by atoms with van der Waals surface area (Å²) in [4.78, 5) is 50.9. The number of nitrogens with zero attached hydrogens (tertiary/aromatic N) is 4. The molecule has 0 aromatic heterocycles. The van der Waals surface area contributed by atoms with Crippen LogP contribution in [0.5, 0.6) is 0 Å². The molecule has 1 N–H and O–H groups in total. The topological polar surface area (TPSA) is 84.4 Å². The zero-order chi connectivity index (χ0) is 32.1. The van der Waals surface area contributed by atoms with Gasteiger partial charge in [0.1, 0.15) is 6.04 Å². The molecule has 0 aliphatic carbocycles. The number of carbonyl (C=O) groups excluding carboxylic acids is 3. The van der Waals surface area contributed by atoms with E-state index in [1.165, 1.54) is 0 Å². The number of hydrogen-bond donors (Lipinski definition) is 1. The van der Waals surface area contributed by atoms with Gasteiger partial charge in [-0.2, -0.15) is 0 Å². The summed E-state index contributed by atoms with van der Waals surface area (Å²) in [5, 5.41) is 9.70. The molecule has 0 saturated carbocycles. The van der Waals surface area contributed by atoms with Gasteiger partial charge in [0.15, 0.2) is 0 Å². The third-order valence-corrected chi connectivity index (χ3v) is 11.6. The van der Waals surface area contributed by atoms with Crippen LogP contribution >= 0.6 is 11.8 Å². The van der Waals surface area contributed by atoms with Crippen molar-refractivity contribution in [2.75, 3.05) is 49.1 Å². The molecule has 3 fully saturated rings. The smallest absolute Gasteiger partial charge is 0.251 e. The second kappa shape index (κ2) is 14.3. The minimum absolute atomic E-state index is 0.0361. The molecule has 1 spiro atoms. The molecule has 5 atom stereocenters. The standard InChI is InChI=1S/C36H46N4O4S/c1-5-21-38(25-26-13-10-9-11-14-26)33(42)30-29-19-20-36(45-29)31(30)34(43)40(23-12-24-41)32(36)35(44)39(22-6-2)28-17-15-27(16-18-28)37(7-3)8-4/h5-6,9-11,13-18,29-32,41H,1-2,7-8,12,19-25H2,3-4H3/t29-,30+,31+,32?,36?/m1/s1. The van der Waals surface area contributed by atoms with Crippen LogP contribution in [0.3, 0.4) is 0 Å². The average molecular weight is 631 g/mol. The lowest BCUT2D eigenvalue weighted by atomic mass is 9.70. The molecule has 2 unspecified atom stereocenters. The Bertz CT molecular complexity index is 1380. The van der Waals surface area contributed by atoms with Crippen LogP contribution in [0.1, 0.15) is 38.7 Å². The number of aliphatic hydroxyl groups is 1. The normalized spacial score (nSPS) is 24.8. The molecule has 240 valence electrons. The first-order chi connectivity index (χ1) is 21.8. The first-order valence-corrected chi connectivity index (χ1v) is 17.0. The van der Waals surface area contributed by atoms with Crippen molar-refractivity contribution in [2.45, 2.75) is 55.7 Å². The lowest BCUT2D eigenvalue weighted by molar-refractivity contribution is -0.144. The highest BCUT2D eigenvalue weighted by Crippen LogP contribution is 2.66. The van der Waals surface area contributed by atoms with E-state index < -0.39 is 22.6 Å². The molecule has 2 bridgehead atoms. The Labute approximate surface area is 271 Å². The van der Waals surface area contributed by atoms with Gasteiger partial charge in [-0.25, -0.2) is 0 Å². The molecule has 5 rings (SSSR count). The maximum Gasteiger partial charge on any atom is 0.251 e. The van der Waals surface area contributed by atoms with Crippen molar-refractivity contribution in [1.82, 2.24) is 9.80 Å². The van der Waals surface area contributed by atoms with Crippen LogP contribution in [0.15, 0.2) is 79.9 Å². The molecule has 3 aliphatic heterocycles. The number of benzene rings is 2. The second-order valence-corrected chi connectivity index (χ2v) is 13.7. The van der Waals surface area contributed by atoms with E-state index >= 15 is 0 Å². The number of hydrogen-bond acceptors (Lipinski definition) is 6. The molecular weight excluding hydrogens is 584 g/mol. The third kappa shape index (κ3) is 6.04. The Morgan fingerprint density at radius 1 is 1.00 bits per heavy atom. The lowest BCUT2D eigenvalue weighted by Gasteiger charge is -2.37. The van der Waals surface area contributed by atoms with Gasteiger partial charge >= 0.3 is 0 Å². The first kappa shape index (κ1) is 32.8. The zero-order valence-electron chi connectivity index (χ0n) is 26.5. The molecule has 3 amide bonds. The van der Waals surface area contributed by atoms with Gasteiger partial charge < -0.3 is 24.7 Å². The highest BCUT2D eigenvalue weighted by molar-refractivity contribution is 8.02. The second-order valence-electron chi connectivity index (χ2n) is 12.1. The maximum atomic E-state index is 14.8. The summed E-state index contributed by atoms with van der Waals surface area (Å²) in [5.74, 6) is -1.48. The van der Waals surface area contributed by atoms with Crippen LogP contribution in [0.4, 0.5) is 11.4 Å². The highest BCUT2D eigenvalue weighted by Gasteiger charge is 2.74. The fourth-order valence-electron chi connectivity index (χ4n) is 7.63. The summed E-state index contributed by atoms with van der Waals surface area (Å²) >= 11 is 1.67. The molecular formula is C36H46N4O4S. The van der Waals surface area contributed by atoms with Crippen LogP contribution in [-0.2, 0) is 20.9 Å². The van der Waals surface area contributed by atoms with Gasteiger partial charge in [0.2, 0.25) is 11.8 Å². The van der Waals surface area contributed by atoms with Crippen molar-refractivity contribution in [2.24, 2.45) is 11.8 Å². The van der Waals surface area contributed by atoms with Gasteiger partial charge in [0, 0.05) is 62.5 Å². The van der Waals surface area contributed by atoms with Crippen molar-refractivity contribution >= 4 is 40.9 Å². The van der Waals surface area contributed by atoms with Gasteiger partial charge in [-0.15, -0.1) is 24.9 Å². The number of amides is 3. The summed E-state index contributed by atoms with van der Waals surface area (Å²) in [5.41, 5.74) is 2.84. The summed E-state index contributed by atoms with van der Waals surface area (Å²) in [6, 6.07) is 17.1. The van der Waals surface area contributed by atoms with E-state index in [4.69, 9.17) is 0 Å². The minimum Gasteiger partial charge on any atom is -0.396 e. The van der Waals surface area contributed by atoms with E-state index in [0.717, 1.165) is 36.4 Å². The molecule has 9 heteroatoms. The zero-order valence-corrected chi connectivity index (χ0v) is 27.3. The Hall–Kier alpha value is -3.56. The predicted molar refractivity (Wildman–Crippen MR) is 182 cm³/mol. The van der Waals surface area contributed by atoms with E-state index in [0.29, 0.717) is 32.5 Å². The Balaban J connectivity index is 1.49. The molecule has 3 heterocycles. The number of aliphatic hydroxyl groups excluding tert-OH is 1. The molecule has 45 heavy (non-hydrogen) atoms. The summed E-state index contributed by atoms with van der Waals surface area (Å²) < 4.78 is -0.707. The van der Waals surface area contributed by atoms with Crippen LogP contribution in [0.2, 0.25) is 0 Å². The van der Waals surface area contributed by atoms with Crippen molar-refractivity contribution in [1.29, 1.82) is 0 Å². The van der Waals surface area contributed by atoms with Crippen LogP contribution in [-0.4, -0.2) is 88.0 Å². The predicted octanol–water partition coefficient (Wildman–Crippen LogP) is 4.74. The number of anilines is 2. The molecule has 8 nitrogen and oxygen atoms in total. The molecule has 2 aromatic carbocycles. The van der Waals surface area contributed by atoms with Crippen molar-refractivity contribution < 1.29 is 19.5 Å². The van der Waals surface area contributed by atoms with Crippen LogP contribution < -0.4 is 9.80 Å². The molecule has 3 saturated heterocycles.